The summed E-state index contributed by atoms with van der Waals surface area (Å²) >= 11 is 14.5. The van der Waals surface area contributed by atoms with Crippen LogP contribution in [0.4, 0.5) is 11.5 Å². The normalized spacial score (nSPS) is 16.9. The molecule has 0 aliphatic carbocycles. The Morgan fingerprint density at radius 2 is 1.76 bits per heavy atom. The lowest BCUT2D eigenvalue weighted by atomic mass is 9.74. The second-order valence-corrected chi connectivity index (χ2v) is 11.2. The molecule has 3 aromatic rings. The molecule has 0 saturated carbocycles. The highest BCUT2D eigenvalue weighted by molar-refractivity contribution is 7.96. The van der Waals surface area contributed by atoms with E-state index >= 15 is 0 Å². The fraction of sp³-hybridized carbons (Fsp3) is 0.407. The summed E-state index contributed by atoms with van der Waals surface area (Å²) in [6, 6.07) is 5.75. The van der Waals surface area contributed by atoms with E-state index in [2.05, 4.69) is 37.3 Å². The quantitative estimate of drug-likeness (QED) is 0.210. The minimum Gasteiger partial charge on any atom is -0.398 e. The fourth-order valence-electron chi connectivity index (χ4n) is 5.00. The molecule has 37 heavy (non-hydrogen) atoms. The Bertz CT molecular complexity index is 1230. The average molecular weight is 559 g/mol. The van der Waals surface area contributed by atoms with Crippen LogP contribution in [0.15, 0.2) is 43.0 Å². The molecular formula is C27H33Cl2N7S. The molecule has 1 spiro atoms. The van der Waals surface area contributed by atoms with Crippen molar-refractivity contribution in [2.24, 2.45) is 5.41 Å². The van der Waals surface area contributed by atoms with E-state index in [9.17, 15) is 0 Å². The predicted molar refractivity (Wildman–Crippen MR) is 156 cm³/mol. The van der Waals surface area contributed by atoms with Crippen molar-refractivity contribution in [1.29, 1.82) is 5.41 Å². The third-order valence-electron chi connectivity index (χ3n) is 6.86. The van der Waals surface area contributed by atoms with Crippen molar-refractivity contribution in [3.63, 3.8) is 0 Å². The zero-order valence-corrected chi connectivity index (χ0v) is 24.0. The Kier molecular flexibility index (Phi) is 8.63. The van der Waals surface area contributed by atoms with Crippen molar-refractivity contribution in [2.45, 2.75) is 33.1 Å². The molecule has 196 valence electrons. The predicted octanol–water partition coefficient (Wildman–Crippen LogP) is 5.95. The van der Waals surface area contributed by atoms with Crippen LogP contribution in [-0.2, 0) is 6.42 Å². The molecule has 2 aliphatic heterocycles. The van der Waals surface area contributed by atoms with Crippen molar-refractivity contribution >= 4 is 52.4 Å². The highest BCUT2D eigenvalue weighted by Crippen LogP contribution is 2.43. The average Bonchev–Trinajstić information content (AvgIpc) is 2.85. The molecule has 5 rings (SSSR count). The molecule has 0 bridgehead atoms. The van der Waals surface area contributed by atoms with Crippen molar-refractivity contribution in [2.75, 3.05) is 43.1 Å². The lowest BCUT2D eigenvalue weighted by Crippen LogP contribution is -2.70. The molecular weight excluding hydrogens is 525 g/mol. The van der Waals surface area contributed by atoms with Gasteiger partial charge >= 0.3 is 0 Å². The number of hydrogen-bond acceptors (Lipinski definition) is 8. The number of rotatable bonds is 7. The minimum absolute atomic E-state index is 0.0706. The smallest absolute Gasteiger partial charge is 0.147 e. The van der Waals surface area contributed by atoms with Gasteiger partial charge in [-0.3, -0.25) is 10.4 Å². The van der Waals surface area contributed by atoms with Crippen molar-refractivity contribution in [3.05, 3.63) is 75.4 Å². The third kappa shape index (κ3) is 5.72. The first-order valence-electron chi connectivity index (χ1n) is 12.4. The minimum atomic E-state index is 0.0706. The van der Waals surface area contributed by atoms with E-state index in [1.54, 1.807) is 24.8 Å². The lowest BCUT2D eigenvalue weighted by molar-refractivity contribution is 0.0474. The second kappa shape index (κ2) is 11.6. The molecule has 7 nitrogen and oxygen atoms in total. The summed E-state index contributed by atoms with van der Waals surface area (Å²) in [7, 11) is 0. The van der Waals surface area contributed by atoms with E-state index in [0.717, 1.165) is 43.1 Å². The van der Waals surface area contributed by atoms with Gasteiger partial charge in [0.25, 0.3) is 0 Å². The Morgan fingerprint density at radius 3 is 2.35 bits per heavy atom. The number of nitrogens with two attached hydrogens (primary N) is 1. The monoisotopic (exact) mass is 557 g/mol. The standard InChI is InChI=1S/C25H27Cl2N7S.C2H6/c1-15(23-18(26)7-30-8-19(23)27)5-16-3-4-20(28)17(6-16)24(29)21-9-32-22(10-31-21)33-11-25(12-33)13-34(14-25)35-2;1-2/h3-4,6-10,15,29H,5,11-14,28H2,1-2H3;1-2H3/t15-;/m0./s1. The fourth-order valence-corrected chi connectivity index (χ4v) is 6.55. The van der Waals surface area contributed by atoms with Crippen LogP contribution in [0.5, 0.6) is 0 Å². The van der Waals surface area contributed by atoms with Gasteiger partial charge in [-0.1, -0.05) is 62.0 Å². The number of benzene rings is 1. The summed E-state index contributed by atoms with van der Waals surface area (Å²) in [5, 5.41) is 9.85. The molecule has 0 unspecified atom stereocenters. The van der Waals surface area contributed by atoms with Gasteiger partial charge in [0.15, 0.2) is 0 Å². The zero-order valence-electron chi connectivity index (χ0n) is 21.6. The first kappa shape index (κ1) is 27.6. The van der Waals surface area contributed by atoms with Gasteiger partial charge < -0.3 is 10.6 Å². The molecule has 4 heterocycles. The van der Waals surface area contributed by atoms with Gasteiger partial charge in [0, 0.05) is 55.2 Å². The van der Waals surface area contributed by atoms with E-state index in [1.807, 2.05) is 44.0 Å². The van der Waals surface area contributed by atoms with Gasteiger partial charge in [-0.05, 0) is 41.9 Å². The molecule has 0 amide bonds. The van der Waals surface area contributed by atoms with Crippen LogP contribution in [0.1, 0.15) is 49.1 Å². The summed E-state index contributed by atoms with van der Waals surface area (Å²) in [6.07, 6.45) is 9.46. The van der Waals surface area contributed by atoms with E-state index in [-0.39, 0.29) is 11.6 Å². The Morgan fingerprint density at radius 1 is 1.08 bits per heavy atom. The maximum atomic E-state index is 8.75. The molecule has 2 aromatic heterocycles. The van der Waals surface area contributed by atoms with E-state index in [0.29, 0.717) is 38.8 Å². The van der Waals surface area contributed by atoms with Gasteiger partial charge in [-0.15, -0.1) is 0 Å². The van der Waals surface area contributed by atoms with Crippen LogP contribution >= 0.6 is 35.1 Å². The number of hydrogen-bond donors (Lipinski definition) is 2. The maximum absolute atomic E-state index is 8.75. The number of nitrogens with one attached hydrogen (secondary N) is 1. The number of nitrogens with zero attached hydrogens (tertiary/aromatic N) is 5. The van der Waals surface area contributed by atoms with E-state index < -0.39 is 0 Å². The van der Waals surface area contributed by atoms with Crippen LogP contribution in [-0.4, -0.2) is 57.4 Å². The van der Waals surface area contributed by atoms with Crippen LogP contribution in [0.3, 0.4) is 0 Å². The van der Waals surface area contributed by atoms with E-state index in [1.165, 1.54) is 0 Å². The van der Waals surface area contributed by atoms with Crippen LogP contribution in [0.25, 0.3) is 0 Å². The van der Waals surface area contributed by atoms with Crippen molar-refractivity contribution in [1.82, 2.24) is 19.3 Å². The first-order chi connectivity index (χ1) is 17.8. The molecule has 10 heteroatoms. The molecule has 0 radical (unpaired) electrons. The Hall–Kier alpha value is -2.39. The van der Waals surface area contributed by atoms with Gasteiger partial charge in [-0.25, -0.2) is 14.3 Å². The Balaban J connectivity index is 0.00000156. The summed E-state index contributed by atoms with van der Waals surface area (Å²) < 4.78 is 2.38. The highest BCUT2D eigenvalue weighted by Gasteiger charge is 2.52. The molecule has 2 saturated heterocycles. The molecule has 2 aliphatic rings. The first-order valence-corrected chi connectivity index (χ1v) is 14.3. The van der Waals surface area contributed by atoms with Gasteiger partial charge in [-0.2, -0.15) is 0 Å². The lowest BCUT2D eigenvalue weighted by Gasteiger charge is -2.59. The number of aromatic nitrogens is 3. The molecule has 3 N–H and O–H groups in total. The summed E-state index contributed by atoms with van der Waals surface area (Å²) in [5.41, 5.74) is 10.5. The van der Waals surface area contributed by atoms with Crippen molar-refractivity contribution < 1.29 is 0 Å². The largest absolute Gasteiger partial charge is 0.398 e. The van der Waals surface area contributed by atoms with E-state index in [4.69, 9.17) is 34.3 Å². The highest BCUT2D eigenvalue weighted by atomic mass is 35.5. The summed E-state index contributed by atoms with van der Waals surface area (Å²) in [4.78, 5) is 15.4. The molecule has 2 fully saturated rings. The van der Waals surface area contributed by atoms with Crippen LogP contribution in [0, 0.1) is 10.8 Å². The number of pyridine rings is 1. The second-order valence-electron chi connectivity index (χ2n) is 9.52. The van der Waals surface area contributed by atoms with Crippen molar-refractivity contribution in [3.8, 4) is 0 Å². The van der Waals surface area contributed by atoms with Gasteiger partial charge in [0.2, 0.25) is 0 Å². The zero-order chi connectivity index (χ0) is 26.7. The third-order valence-corrected chi connectivity index (χ3v) is 8.24. The maximum Gasteiger partial charge on any atom is 0.147 e. The number of nitrogen functional groups attached to an aromatic ring is 1. The number of halogens is 2. The molecule has 1 atom stereocenters. The topological polar surface area (TPSA) is 95.0 Å². The van der Waals surface area contributed by atoms with Gasteiger partial charge in [0.1, 0.15) is 11.5 Å². The van der Waals surface area contributed by atoms with Gasteiger partial charge in [0.05, 0.1) is 28.2 Å². The Labute approximate surface area is 233 Å². The molecule has 1 aromatic carbocycles. The van der Waals surface area contributed by atoms with Crippen LogP contribution < -0.4 is 10.6 Å². The van der Waals surface area contributed by atoms with Crippen LogP contribution in [0.2, 0.25) is 10.0 Å². The summed E-state index contributed by atoms with van der Waals surface area (Å²) in [5.74, 6) is 0.928. The SMILES string of the molecule is CC.CSN1CC2(C1)CN(c1cnc(C(=N)c3cc(C[C@H](C)c4c(Cl)cncc4Cl)ccc3N)cn1)C2. The summed E-state index contributed by atoms with van der Waals surface area (Å²) in [6.45, 7) is 10.4. The number of anilines is 2.